The fourth-order valence-corrected chi connectivity index (χ4v) is 2.61. The molecule has 1 aliphatic carbocycles. The molecule has 3 nitrogen and oxygen atoms in total. The van der Waals surface area contributed by atoms with E-state index in [0.717, 1.165) is 36.8 Å². The highest BCUT2D eigenvalue weighted by molar-refractivity contribution is 5.93. The van der Waals surface area contributed by atoms with Gasteiger partial charge in [0.1, 0.15) is 17.4 Å². The summed E-state index contributed by atoms with van der Waals surface area (Å²) in [6.45, 7) is 3.97. The van der Waals surface area contributed by atoms with Gasteiger partial charge in [-0.25, -0.2) is 4.79 Å². The number of carbonyl (C=O) groups excluding carboxylic acids is 1. The van der Waals surface area contributed by atoms with Gasteiger partial charge in [-0.05, 0) is 56.7 Å². The summed E-state index contributed by atoms with van der Waals surface area (Å²) in [5.41, 5.74) is 2.66. The molecule has 19 heavy (non-hydrogen) atoms. The molecule has 0 amide bonds. The number of methoxy groups -OCH3 is 1. The van der Waals surface area contributed by atoms with Crippen molar-refractivity contribution in [2.45, 2.75) is 52.1 Å². The second kappa shape index (κ2) is 6.09. The summed E-state index contributed by atoms with van der Waals surface area (Å²) in [6.07, 6.45) is 5.61. The topological polar surface area (TPSA) is 35.5 Å². The van der Waals surface area contributed by atoms with E-state index in [1.165, 1.54) is 6.42 Å². The van der Waals surface area contributed by atoms with Crippen molar-refractivity contribution in [3.8, 4) is 5.75 Å². The maximum atomic E-state index is 12.3. The first-order valence-corrected chi connectivity index (χ1v) is 6.98. The van der Waals surface area contributed by atoms with E-state index >= 15 is 0 Å². The van der Waals surface area contributed by atoms with Crippen molar-refractivity contribution in [3.63, 3.8) is 0 Å². The minimum atomic E-state index is -0.258. The number of hydrogen-bond acceptors (Lipinski definition) is 3. The Morgan fingerprint density at radius 1 is 1.16 bits per heavy atom. The number of benzene rings is 1. The van der Waals surface area contributed by atoms with Gasteiger partial charge in [0.2, 0.25) is 0 Å². The molecule has 0 heterocycles. The monoisotopic (exact) mass is 262 g/mol. The van der Waals surface area contributed by atoms with E-state index < -0.39 is 0 Å². The Balaban J connectivity index is 2.16. The van der Waals surface area contributed by atoms with Crippen LogP contribution in [-0.4, -0.2) is 19.2 Å². The van der Waals surface area contributed by atoms with E-state index in [9.17, 15) is 4.79 Å². The molecule has 0 bridgehead atoms. The number of aryl methyl sites for hydroxylation is 1. The first-order valence-electron chi connectivity index (χ1n) is 6.98. The van der Waals surface area contributed by atoms with Gasteiger partial charge in [0, 0.05) is 0 Å². The Kier molecular flexibility index (Phi) is 4.46. The predicted molar refractivity (Wildman–Crippen MR) is 74.8 cm³/mol. The third-order valence-electron chi connectivity index (χ3n) is 3.93. The van der Waals surface area contributed by atoms with Crippen LogP contribution in [0.25, 0.3) is 0 Å². The molecule has 104 valence electrons. The van der Waals surface area contributed by atoms with Gasteiger partial charge in [-0.15, -0.1) is 0 Å². The van der Waals surface area contributed by atoms with E-state index in [1.807, 2.05) is 19.9 Å². The largest absolute Gasteiger partial charge is 0.496 e. The van der Waals surface area contributed by atoms with Gasteiger partial charge in [-0.3, -0.25) is 0 Å². The zero-order valence-corrected chi connectivity index (χ0v) is 12.0. The summed E-state index contributed by atoms with van der Waals surface area (Å²) in [5.74, 6) is 0.382. The van der Waals surface area contributed by atoms with E-state index in [4.69, 9.17) is 9.47 Å². The quantitative estimate of drug-likeness (QED) is 0.777. The van der Waals surface area contributed by atoms with Gasteiger partial charge in [0.25, 0.3) is 0 Å². The van der Waals surface area contributed by atoms with Crippen molar-refractivity contribution in [1.29, 1.82) is 0 Å². The van der Waals surface area contributed by atoms with Crippen LogP contribution < -0.4 is 4.74 Å². The molecule has 0 aliphatic heterocycles. The normalized spacial score (nSPS) is 16.2. The van der Waals surface area contributed by atoms with Crippen molar-refractivity contribution >= 4 is 5.97 Å². The van der Waals surface area contributed by atoms with Crippen molar-refractivity contribution in [2.75, 3.05) is 7.11 Å². The summed E-state index contributed by atoms with van der Waals surface area (Å²) >= 11 is 0. The predicted octanol–water partition coefficient (Wildman–Crippen LogP) is 3.80. The molecule has 0 unspecified atom stereocenters. The summed E-state index contributed by atoms with van der Waals surface area (Å²) in [5, 5.41) is 0. The van der Waals surface area contributed by atoms with Gasteiger partial charge >= 0.3 is 5.97 Å². The number of rotatable bonds is 3. The number of carbonyl (C=O) groups is 1. The molecule has 0 aromatic heterocycles. The van der Waals surface area contributed by atoms with Crippen LogP contribution in [0.4, 0.5) is 0 Å². The maximum Gasteiger partial charge on any atom is 0.342 e. The fraction of sp³-hybridized carbons (Fsp3) is 0.562. The third kappa shape index (κ3) is 3.09. The van der Waals surface area contributed by atoms with Crippen LogP contribution >= 0.6 is 0 Å². The summed E-state index contributed by atoms with van der Waals surface area (Å²) in [6, 6.07) is 3.74. The smallest absolute Gasteiger partial charge is 0.342 e. The van der Waals surface area contributed by atoms with E-state index in [-0.39, 0.29) is 12.1 Å². The molecule has 1 aliphatic rings. The van der Waals surface area contributed by atoms with E-state index in [0.29, 0.717) is 11.3 Å². The molecule has 0 atom stereocenters. The van der Waals surface area contributed by atoms with Gasteiger partial charge in [-0.2, -0.15) is 0 Å². The summed E-state index contributed by atoms with van der Waals surface area (Å²) in [7, 11) is 1.60. The van der Waals surface area contributed by atoms with Gasteiger partial charge < -0.3 is 9.47 Å². The SMILES string of the molecule is COc1c(C(=O)OC2CCCCC2)ccc(C)c1C. The molecule has 0 N–H and O–H groups in total. The van der Waals surface area contributed by atoms with Crippen LogP contribution in [0.15, 0.2) is 12.1 Å². The number of hydrogen-bond donors (Lipinski definition) is 0. The third-order valence-corrected chi connectivity index (χ3v) is 3.93. The molecule has 0 radical (unpaired) electrons. The minimum Gasteiger partial charge on any atom is -0.496 e. The molecule has 0 saturated heterocycles. The zero-order chi connectivity index (χ0) is 13.8. The van der Waals surface area contributed by atoms with Gasteiger partial charge in [0.15, 0.2) is 0 Å². The highest BCUT2D eigenvalue weighted by Gasteiger charge is 2.22. The Hall–Kier alpha value is -1.51. The second-order valence-electron chi connectivity index (χ2n) is 5.25. The highest BCUT2D eigenvalue weighted by atomic mass is 16.5. The van der Waals surface area contributed by atoms with Gasteiger partial charge in [0.05, 0.1) is 7.11 Å². The van der Waals surface area contributed by atoms with Gasteiger partial charge in [-0.1, -0.05) is 12.5 Å². The van der Waals surface area contributed by atoms with Crippen LogP contribution in [0.1, 0.15) is 53.6 Å². The summed E-state index contributed by atoms with van der Waals surface area (Å²) in [4.78, 5) is 12.3. The Labute approximate surface area is 114 Å². The molecular weight excluding hydrogens is 240 g/mol. The average Bonchev–Trinajstić information content (AvgIpc) is 2.42. The molecule has 1 aromatic carbocycles. The van der Waals surface area contributed by atoms with Crippen molar-refractivity contribution in [3.05, 3.63) is 28.8 Å². The lowest BCUT2D eigenvalue weighted by Crippen LogP contribution is -2.21. The van der Waals surface area contributed by atoms with Crippen LogP contribution in [0.2, 0.25) is 0 Å². The second-order valence-corrected chi connectivity index (χ2v) is 5.25. The molecule has 1 aromatic rings. The Bertz CT molecular complexity index is 459. The molecule has 3 heteroatoms. The zero-order valence-electron chi connectivity index (χ0n) is 12.0. The van der Waals surface area contributed by atoms with Crippen molar-refractivity contribution in [2.24, 2.45) is 0 Å². The highest BCUT2D eigenvalue weighted by Crippen LogP contribution is 2.28. The lowest BCUT2D eigenvalue weighted by Gasteiger charge is -2.22. The minimum absolute atomic E-state index is 0.0764. The van der Waals surface area contributed by atoms with Crippen LogP contribution in [-0.2, 0) is 4.74 Å². The van der Waals surface area contributed by atoms with E-state index in [2.05, 4.69) is 0 Å². The molecule has 2 rings (SSSR count). The molecule has 0 spiro atoms. The van der Waals surface area contributed by atoms with Crippen molar-refractivity contribution < 1.29 is 14.3 Å². The molecule has 1 fully saturated rings. The first kappa shape index (κ1) is 13.9. The van der Waals surface area contributed by atoms with Crippen molar-refractivity contribution in [1.82, 2.24) is 0 Å². The average molecular weight is 262 g/mol. The van der Waals surface area contributed by atoms with E-state index in [1.54, 1.807) is 13.2 Å². The standard InChI is InChI=1S/C16H22O3/c1-11-9-10-14(15(18-3)12(11)2)16(17)19-13-7-5-4-6-8-13/h9-10,13H,4-8H2,1-3H3. The first-order chi connectivity index (χ1) is 9.13. The number of ether oxygens (including phenoxy) is 2. The fourth-order valence-electron chi connectivity index (χ4n) is 2.61. The number of esters is 1. The lowest BCUT2D eigenvalue weighted by atomic mass is 9.97. The molecule has 1 saturated carbocycles. The van der Waals surface area contributed by atoms with Crippen LogP contribution in [0.3, 0.4) is 0 Å². The molecular formula is C16H22O3. The van der Waals surface area contributed by atoms with Crippen LogP contribution in [0, 0.1) is 13.8 Å². The summed E-state index contributed by atoms with van der Waals surface area (Å²) < 4.78 is 11.0. The van der Waals surface area contributed by atoms with Crippen LogP contribution in [0.5, 0.6) is 5.75 Å². The maximum absolute atomic E-state index is 12.3. The lowest BCUT2D eigenvalue weighted by molar-refractivity contribution is 0.0208. The Morgan fingerprint density at radius 3 is 2.47 bits per heavy atom. The Morgan fingerprint density at radius 2 is 1.84 bits per heavy atom.